The van der Waals surface area contributed by atoms with Crippen molar-refractivity contribution in [2.45, 2.75) is 38.3 Å². The number of rotatable bonds is 4. The molecule has 1 aliphatic heterocycles. The van der Waals surface area contributed by atoms with Crippen LogP contribution in [-0.4, -0.2) is 39.9 Å². The Morgan fingerprint density at radius 3 is 2.56 bits per heavy atom. The van der Waals surface area contributed by atoms with Crippen molar-refractivity contribution in [3.05, 3.63) is 59.9 Å². The van der Waals surface area contributed by atoms with Gasteiger partial charge in [-0.25, -0.2) is 0 Å². The van der Waals surface area contributed by atoms with Gasteiger partial charge in [0.05, 0.1) is 6.04 Å². The summed E-state index contributed by atoms with van der Waals surface area (Å²) in [6, 6.07) is 13.8. The molecule has 2 aromatic rings. The van der Waals surface area contributed by atoms with Gasteiger partial charge in [0.15, 0.2) is 0 Å². The Morgan fingerprint density at radius 1 is 1.16 bits per heavy atom. The lowest BCUT2D eigenvalue weighted by molar-refractivity contribution is -0.120. The van der Waals surface area contributed by atoms with Gasteiger partial charge < -0.3 is 14.8 Å². The van der Waals surface area contributed by atoms with Gasteiger partial charge in [0.1, 0.15) is 5.69 Å². The molecule has 0 spiro atoms. The van der Waals surface area contributed by atoms with E-state index in [1.165, 1.54) is 12.5 Å². The molecule has 2 atom stereocenters. The summed E-state index contributed by atoms with van der Waals surface area (Å²) in [5.74, 6) is -0.0142. The summed E-state index contributed by atoms with van der Waals surface area (Å²) < 4.78 is 1.85. The highest BCUT2D eigenvalue weighted by Crippen LogP contribution is 2.24. The third kappa shape index (κ3) is 3.92. The second-order valence-electron chi connectivity index (χ2n) is 6.71. The van der Waals surface area contributed by atoms with E-state index in [1.54, 1.807) is 0 Å². The van der Waals surface area contributed by atoms with E-state index in [0.717, 1.165) is 25.8 Å². The van der Waals surface area contributed by atoms with Crippen molar-refractivity contribution in [3.63, 3.8) is 0 Å². The van der Waals surface area contributed by atoms with E-state index in [9.17, 15) is 9.59 Å². The van der Waals surface area contributed by atoms with Crippen LogP contribution in [0.4, 0.5) is 0 Å². The summed E-state index contributed by atoms with van der Waals surface area (Å²) >= 11 is 0. The molecular weight excluding hydrogens is 314 g/mol. The molecule has 25 heavy (non-hydrogen) atoms. The maximum absolute atomic E-state index is 13.1. The third-order valence-electron chi connectivity index (χ3n) is 4.88. The number of nitrogens with one attached hydrogen (secondary N) is 1. The lowest BCUT2D eigenvalue weighted by Crippen LogP contribution is -2.57. The number of piperidine rings is 1. The lowest BCUT2D eigenvalue weighted by atomic mass is 9.90. The van der Waals surface area contributed by atoms with Gasteiger partial charge >= 0.3 is 0 Å². The molecule has 5 nitrogen and oxygen atoms in total. The number of carbonyl (C=O) groups is 2. The molecule has 2 heterocycles. The second-order valence-corrected chi connectivity index (χ2v) is 6.71. The molecule has 1 saturated heterocycles. The van der Waals surface area contributed by atoms with Gasteiger partial charge in [-0.1, -0.05) is 30.3 Å². The Balaban J connectivity index is 1.89. The van der Waals surface area contributed by atoms with Gasteiger partial charge in [-0.15, -0.1) is 0 Å². The van der Waals surface area contributed by atoms with Crippen LogP contribution in [0.15, 0.2) is 48.7 Å². The Labute approximate surface area is 148 Å². The Bertz CT molecular complexity index is 738. The van der Waals surface area contributed by atoms with Crippen LogP contribution in [0.3, 0.4) is 0 Å². The number of aromatic nitrogens is 1. The van der Waals surface area contributed by atoms with Crippen LogP contribution in [0.25, 0.3) is 0 Å². The summed E-state index contributed by atoms with van der Waals surface area (Å²) in [4.78, 5) is 26.7. The van der Waals surface area contributed by atoms with Gasteiger partial charge in [-0.2, -0.15) is 0 Å². The maximum atomic E-state index is 13.1. The second kappa shape index (κ2) is 7.55. The number of hydrogen-bond donors (Lipinski definition) is 1. The minimum absolute atomic E-state index is 0.0179. The first-order valence-corrected chi connectivity index (χ1v) is 8.79. The van der Waals surface area contributed by atoms with Gasteiger partial charge in [0.25, 0.3) is 5.91 Å². The molecule has 0 aliphatic carbocycles. The Kier molecular flexibility index (Phi) is 5.22. The van der Waals surface area contributed by atoms with Crippen molar-refractivity contribution >= 4 is 11.8 Å². The van der Waals surface area contributed by atoms with E-state index >= 15 is 0 Å². The molecule has 2 amide bonds. The fraction of sp³-hybridized carbons (Fsp3) is 0.400. The average Bonchev–Trinajstić information content (AvgIpc) is 3.02. The molecule has 0 radical (unpaired) electrons. The quantitative estimate of drug-likeness (QED) is 0.930. The zero-order chi connectivity index (χ0) is 17.8. The molecule has 1 aromatic carbocycles. The largest absolute Gasteiger partial charge is 0.352 e. The van der Waals surface area contributed by atoms with Crippen LogP contribution in [0.2, 0.25) is 0 Å². The zero-order valence-electron chi connectivity index (χ0n) is 14.8. The third-order valence-corrected chi connectivity index (χ3v) is 4.88. The Morgan fingerprint density at radius 2 is 1.92 bits per heavy atom. The average molecular weight is 339 g/mol. The molecule has 132 valence electrons. The monoisotopic (exact) mass is 339 g/mol. The van der Waals surface area contributed by atoms with E-state index in [-0.39, 0.29) is 23.9 Å². The molecule has 1 N–H and O–H groups in total. The van der Waals surface area contributed by atoms with Crippen molar-refractivity contribution in [2.24, 2.45) is 7.05 Å². The van der Waals surface area contributed by atoms with Crippen LogP contribution in [0.5, 0.6) is 0 Å². The first kappa shape index (κ1) is 17.3. The van der Waals surface area contributed by atoms with E-state index in [2.05, 4.69) is 17.4 Å². The smallest absolute Gasteiger partial charge is 0.270 e. The van der Waals surface area contributed by atoms with Crippen molar-refractivity contribution in [1.29, 1.82) is 0 Å². The summed E-state index contributed by atoms with van der Waals surface area (Å²) in [5.41, 5.74) is 1.86. The van der Waals surface area contributed by atoms with Crippen LogP contribution >= 0.6 is 0 Å². The Hall–Kier alpha value is -2.56. The number of carbonyl (C=O) groups excluding carboxylic acids is 2. The fourth-order valence-electron chi connectivity index (χ4n) is 3.68. The molecule has 1 fully saturated rings. The summed E-state index contributed by atoms with van der Waals surface area (Å²) in [6.07, 6.45) is 4.41. The number of likely N-dealkylation sites (tertiary alicyclic amines) is 1. The number of amides is 2. The minimum Gasteiger partial charge on any atom is -0.352 e. The van der Waals surface area contributed by atoms with Gasteiger partial charge in [-0.3, -0.25) is 9.59 Å². The highest BCUT2D eigenvalue weighted by molar-refractivity contribution is 5.93. The highest BCUT2D eigenvalue weighted by atomic mass is 16.2. The molecule has 0 bridgehead atoms. The van der Waals surface area contributed by atoms with Crippen LogP contribution in [0, 0.1) is 0 Å². The molecule has 3 rings (SSSR count). The van der Waals surface area contributed by atoms with Crippen molar-refractivity contribution in [1.82, 2.24) is 14.8 Å². The number of benzene rings is 1. The van der Waals surface area contributed by atoms with Gasteiger partial charge in [-0.05, 0) is 37.0 Å². The predicted octanol–water partition coefficient (Wildman–Crippen LogP) is 2.38. The fourth-order valence-corrected chi connectivity index (χ4v) is 3.68. The molecule has 0 unspecified atom stereocenters. The summed E-state index contributed by atoms with van der Waals surface area (Å²) in [7, 11) is 1.88. The zero-order valence-corrected chi connectivity index (χ0v) is 14.8. The van der Waals surface area contributed by atoms with Crippen molar-refractivity contribution in [2.75, 3.05) is 6.54 Å². The number of hydrogen-bond acceptors (Lipinski definition) is 2. The molecule has 5 heteroatoms. The highest BCUT2D eigenvalue weighted by Gasteiger charge is 2.35. The minimum atomic E-state index is -0.0452. The topological polar surface area (TPSA) is 54.3 Å². The predicted molar refractivity (Wildman–Crippen MR) is 97.2 cm³/mol. The SMILES string of the molecule is CC(=O)N[C@H]1CCCN(C(=O)c2cccn2C)[C@H]1Cc1ccccc1. The number of nitrogens with zero attached hydrogens (tertiary/aromatic N) is 2. The van der Waals surface area contributed by atoms with Crippen LogP contribution in [-0.2, 0) is 18.3 Å². The van der Waals surface area contributed by atoms with Crippen molar-refractivity contribution in [3.8, 4) is 0 Å². The molecular formula is C20H25N3O2. The van der Waals surface area contributed by atoms with E-state index in [4.69, 9.17) is 0 Å². The van der Waals surface area contributed by atoms with Crippen LogP contribution < -0.4 is 5.32 Å². The number of aryl methyl sites for hydroxylation is 1. The first-order chi connectivity index (χ1) is 12.1. The van der Waals surface area contributed by atoms with Crippen molar-refractivity contribution < 1.29 is 9.59 Å². The van der Waals surface area contributed by atoms with E-state index in [0.29, 0.717) is 5.69 Å². The lowest BCUT2D eigenvalue weighted by Gasteiger charge is -2.41. The summed E-state index contributed by atoms with van der Waals surface area (Å²) in [6.45, 7) is 2.26. The molecule has 1 aliphatic rings. The first-order valence-electron chi connectivity index (χ1n) is 8.79. The van der Waals surface area contributed by atoms with E-state index < -0.39 is 0 Å². The van der Waals surface area contributed by atoms with Crippen LogP contribution in [0.1, 0.15) is 35.8 Å². The maximum Gasteiger partial charge on any atom is 0.270 e. The molecule has 0 saturated carbocycles. The molecule has 1 aromatic heterocycles. The summed E-state index contributed by atoms with van der Waals surface area (Å²) in [5, 5.41) is 3.06. The van der Waals surface area contributed by atoms with Gasteiger partial charge in [0.2, 0.25) is 5.91 Å². The standard InChI is InChI=1S/C20H25N3O2/c1-15(24)21-17-10-6-13-23(20(25)18-11-7-12-22(18)2)19(17)14-16-8-4-3-5-9-16/h3-5,7-9,11-12,17,19H,6,10,13-14H2,1-2H3,(H,21,24)/t17-,19-/m0/s1. The van der Waals surface area contributed by atoms with E-state index in [1.807, 2.05) is 53.0 Å². The normalized spacial score (nSPS) is 20.3. The van der Waals surface area contributed by atoms with Gasteiger partial charge in [0, 0.05) is 32.8 Å².